The molecule has 0 spiro atoms. The molecule has 192 valence electrons. The first kappa shape index (κ1) is 23.7. The molecule has 0 radical (unpaired) electrons. The van der Waals surface area contributed by atoms with Gasteiger partial charge in [-0.05, 0) is 57.8 Å². The van der Waals surface area contributed by atoms with Gasteiger partial charge in [0.25, 0.3) is 0 Å². The van der Waals surface area contributed by atoms with Crippen LogP contribution < -0.4 is 9.47 Å². The molecule has 0 saturated carbocycles. The maximum absolute atomic E-state index is 14.1. The maximum Gasteiger partial charge on any atom is 0.318 e. The number of rotatable bonds is 7. The average Bonchev–Trinajstić information content (AvgIpc) is 3.28. The van der Waals surface area contributed by atoms with Gasteiger partial charge in [0.1, 0.15) is 17.2 Å². The Morgan fingerprint density at radius 2 is 1.92 bits per heavy atom. The van der Waals surface area contributed by atoms with E-state index in [1.807, 2.05) is 18.4 Å². The second-order valence-electron chi connectivity index (χ2n) is 9.76. The van der Waals surface area contributed by atoms with Gasteiger partial charge in [0.05, 0.1) is 32.2 Å². The second kappa shape index (κ2) is 9.66. The van der Waals surface area contributed by atoms with Gasteiger partial charge >= 0.3 is 6.01 Å². The van der Waals surface area contributed by atoms with Gasteiger partial charge in [0.15, 0.2) is 5.65 Å². The Bertz CT molecular complexity index is 1450. The standard InChI is InChI=1S/C27H30FN7O2/c1-4-37-27-30-16(2)23-25(33-27)35(24(32-23)19-11-20(28)13-29-12-19)14-18-5-6-22(31-26(18)36-3)21-15-34-9-7-17(21)8-10-34/h5-6,11-13,17,21H,4,7-10,14-15H2,1-3H3. The van der Waals surface area contributed by atoms with E-state index >= 15 is 0 Å². The number of imidazole rings is 1. The highest BCUT2D eigenvalue weighted by molar-refractivity contribution is 5.79. The van der Waals surface area contributed by atoms with Gasteiger partial charge in [-0.25, -0.2) is 14.4 Å². The van der Waals surface area contributed by atoms with Gasteiger partial charge in [0, 0.05) is 35.5 Å². The number of fused-ring (bicyclic) bond motifs is 4. The maximum atomic E-state index is 14.1. The van der Waals surface area contributed by atoms with Crippen molar-refractivity contribution in [2.24, 2.45) is 5.92 Å². The van der Waals surface area contributed by atoms with Crippen molar-refractivity contribution in [1.29, 1.82) is 0 Å². The topological polar surface area (TPSA) is 91.1 Å². The van der Waals surface area contributed by atoms with Crippen molar-refractivity contribution < 1.29 is 13.9 Å². The Morgan fingerprint density at radius 3 is 2.62 bits per heavy atom. The molecule has 1 unspecified atom stereocenters. The zero-order valence-corrected chi connectivity index (χ0v) is 21.3. The third kappa shape index (κ3) is 4.39. The molecule has 0 N–H and O–H groups in total. The Morgan fingerprint density at radius 1 is 1.08 bits per heavy atom. The Kier molecular flexibility index (Phi) is 6.19. The number of aryl methyl sites for hydroxylation is 1. The highest BCUT2D eigenvalue weighted by Gasteiger charge is 2.36. The van der Waals surface area contributed by atoms with E-state index in [-0.39, 0.29) is 6.01 Å². The van der Waals surface area contributed by atoms with E-state index in [9.17, 15) is 4.39 Å². The van der Waals surface area contributed by atoms with Gasteiger partial charge in [-0.1, -0.05) is 6.07 Å². The molecular formula is C27H30FN7O2. The highest BCUT2D eigenvalue weighted by atomic mass is 19.1. The summed E-state index contributed by atoms with van der Waals surface area (Å²) in [6.07, 6.45) is 5.22. The molecule has 9 nitrogen and oxygen atoms in total. The molecule has 7 rings (SSSR count). The summed E-state index contributed by atoms with van der Waals surface area (Å²) >= 11 is 0. The summed E-state index contributed by atoms with van der Waals surface area (Å²) in [4.78, 5) is 25.4. The number of piperidine rings is 3. The molecular weight excluding hydrogens is 473 g/mol. The van der Waals surface area contributed by atoms with Gasteiger partial charge in [0.2, 0.25) is 5.88 Å². The lowest BCUT2D eigenvalue weighted by molar-refractivity contribution is 0.0852. The summed E-state index contributed by atoms with van der Waals surface area (Å²) in [5.74, 6) is 1.79. The van der Waals surface area contributed by atoms with Crippen molar-refractivity contribution in [3.63, 3.8) is 0 Å². The molecule has 2 bridgehead atoms. The molecule has 37 heavy (non-hydrogen) atoms. The average molecular weight is 504 g/mol. The predicted molar refractivity (Wildman–Crippen MR) is 136 cm³/mol. The largest absolute Gasteiger partial charge is 0.481 e. The van der Waals surface area contributed by atoms with Crippen molar-refractivity contribution in [1.82, 2.24) is 34.4 Å². The lowest BCUT2D eigenvalue weighted by Gasteiger charge is -2.44. The monoisotopic (exact) mass is 503 g/mol. The zero-order valence-electron chi connectivity index (χ0n) is 21.3. The van der Waals surface area contributed by atoms with Crippen LogP contribution in [0.5, 0.6) is 11.9 Å². The summed E-state index contributed by atoms with van der Waals surface area (Å²) in [7, 11) is 1.65. The van der Waals surface area contributed by atoms with Crippen LogP contribution in [0.4, 0.5) is 4.39 Å². The number of hydrogen-bond acceptors (Lipinski definition) is 8. The fourth-order valence-electron chi connectivity index (χ4n) is 5.67. The van der Waals surface area contributed by atoms with Crippen LogP contribution in [-0.4, -0.2) is 67.7 Å². The smallest absolute Gasteiger partial charge is 0.318 e. The summed E-state index contributed by atoms with van der Waals surface area (Å²) in [6, 6.07) is 5.90. The molecule has 3 saturated heterocycles. The predicted octanol–water partition coefficient (Wildman–Crippen LogP) is 4.00. The minimum absolute atomic E-state index is 0.278. The van der Waals surface area contributed by atoms with Crippen LogP contribution in [0.1, 0.15) is 42.6 Å². The first-order chi connectivity index (χ1) is 18.0. The third-order valence-corrected chi connectivity index (χ3v) is 7.50. The van der Waals surface area contributed by atoms with E-state index in [2.05, 4.69) is 32.0 Å². The number of aromatic nitrogens is 6. The molecule has 3 fully saturated rings. The van der Waals surface area contributed by atoms with E-state index in [0.717, 1.165) is 17.8 Å². The third-order valence-electron chi connectivity index (χ3n) is 7.50. The summed E-state index contributed by atoms with van der Waals surface area (Å²) in [6.45, 7) is 8.00. The number of hydrogen-bond donors (Lipinski definition) is 0. The van der Waals surface area contributed by atoms with Crippen molar-refractivity contribution in [3.8, 4) is 23.3 Å². The lowest BCUT2D eigenvalue weighted by atomic mass is 9.77. The summed E-state index contributed by atoms with van der Waals surface area (Å²) < 4.78 is 27.5. The van der Waals surface area contributed by atoms with Gasteiger partial charge in [-0.2, -0.15) is 9.97 Å². The van der Waals surface area contributed by atoms with Crippen molar-refractivity contribution in [2.45, 2.75) is 39.2 Å². The molecule has 0 aliphatic carbocycles. The van der Waals surface area contributed by atoms with Crippen molar-refractivity contribution >= 4 is 11.2 Å². The van der Waals surface area contributed by atoms with E-state index < -0.39 is 5.82 Å². The van der Waals surface area contributed by atoms with E-state index in [0.29, 0.717) is 59.1 Å². The van der Waals surface area contributed by atoms with E-state index in [1.165, 1.54) is 38.2 Å². The summed E-state index contributed by atoms with van der Waals surface area (Å²) in [5, 5.41) is 0. The van der Waals surface area contributed by atoms with Gasteiger partial charge in [-0.3, -0.25) is 4.98 Å². The fraction of sp³-hybridized carbons (Fsp3) is 0.444. The molecule has 0 amide bonds. The Hall–Kier alpha value is -3.66. The molecule has 4 aromatic heterocycles. The fourth-order valence-corrected chi connectivity index (χ4v) is 5.67. The number of pyridine rings is 2. The van der Waals surface area contributed by atoms with E-state index in [4.69, 9.17) is 19.4 Å². The number of halogens is 1. The molecule has 10 heteroatoms. The number of methoxy groups -OCH3 is 1. The van der Waals surface area contributed by atoms with Crippen LogP contribution in [0, 0.1) is 18.7 Å². The van der Waals surface area contributed by atoms with E-state index in [1.54, 1.807) is 13.3 Å². The Labute approximate surface area is 214 Å². The van der Waals surface area contributed by atoms with Gasteiger partial charge < -0.3 is 18.9 Å². The first-order valence-electron chi connectivity index (χ1n) is 12.8. The Balaban J connectivity index is 1.44. The quantitative estimate of drug-likeness (QED) is 0.374. The zero-order chi connectivity index (χ0) is 25.5. The summed E-state index contributed by atoms with van der Waals surface area (Å²) in [5.41, 5.74) is 4.41. The van der Waals surface area contributed by atoms with Gasteiger partial charge in [-0.15, -0.1) is 0 Å². The van der Waals surface area contributed by atoms with Crippen LogP contribution >= 0.6 is 0 Å². The lowest BCUT2D eigenvalue weighted by Crippen LogP contribution is -2.46. The van der Waals surface area contributed by atoms with Crippen LogP contribution in [0.3, 0.4) is 0 Å². The van der Waals surface area contributed by atoms with Crippen LogP contribution in [0.25, 0.3) is 22.6 Å². The molecule has 7 heterocycles. The second-order valence-corrected chi connectivity index (χ2v) is 9.76. The molecule has 3 aliphatic heterocycles. The normalized spacial score (nSPS) is 20.9. The molecule has 3 aliphatic rings. The minimum Gasteiger partial charge on any atom is -0.481 e. The SMILES string of the molecule is CCOc1nc(C)c2nc(-c3cncc(F)c3)n(Cc3ccc(C4CN5CCC4CC5)nc3OC)c2n1. The van der Waals surface area contributed by atoms with Crippen LogP contribution in [0.2, 0.25) is 0 Å². The number of ether oxygens (including phenoxy) is 2. The molecule has 0 aromatic carbocycles. The van der Waals surface area contributed by atoms with Crippen LogP contribution in [-0.2, 0) is 6.54 Å². The van der Waals surface area contributed by atoms with Crippen molar-refractivity contribution in [2.75, 3.05) is 33.4 Å². The van der Waals surface area contributed by atoms with Crippen LogP contribution in [0.15, 0.2) is 30.6 Å². The number of nitrogens with zero attached hydrogens (tertiary/aromatic N) is 7. The molecule has 1 atom stereocenters. The highest BCUT2D eigenvalue weighted by Crippen LogP contribution is 2.39. The first-order valence-corrected chi connectivity index (χ1v) is 12.8. The minimum atomic E-state index is -0.435. The van der Waals surface area contributed by atoms with Crippen molar-refractivity contribution in [3.05, 3.63) is 53.4 Å². The molecule has 4 aromatic rings.